The lowest BCUT2D eigenvalue weighted by atomic mass is 10.1. The quantitative estimate of drug-likeness (QED) is 0.628. The van der Waals surface area contributed by atoms with Crippen molar-refractivity contribution >= 4 is 51.5 Å². The monoisotopic (exact) mass is 395 g/mol. The van der Waals surface area contributed by atoms with Crippen LogP contribution in [0.4, 0.5) is 0 Å². The molecule has 0 radical (unpaired) electrons. The van der Waals surface area contributed by atoms with Crippen LogP contribution in [0.25, 0.3) is 10.2 Å². The van der Waals surface area contributed by atoms with Gasteiger partial charge in [0.1, 0.15) is 4.83 Å². The lowest BCUT2D eigenvalue weighted by molar-refractivity contribution is -0.121. The molecule has 1 aliphatic rings. The van der Waals surface area contributed by atoms with Crippen molar-refractivity contribution in [2.75, 3.05) is 7.05 Å². The summed E-state index contributed by atoms with van der Waals surface area (Å²) in [5, 5.41) is 7.57. The fourth-order valence-electron chi connectivity index (χ4n) is 3.56. The van der Waals surface area contributed by atoms with Gasteiger partial charge in [-0.15, -0.1) is 23.7 Å². The zero-order valence-corrected chi connectivity index (χ0v) is 16.0. The summed E-state index contributed by atoms with van der Waals surface area (Å²) in [5.41, 5.74) is 3.50. The molecule has 4 rings (SSSR count). The molecule has 2 atom stereocenters. The van der Waals surface area contributed by atoms with E-state index in [1.807, 2.05) is 31.3 Å². The van der Waals surface area contributed by atoms with E-state index >= 15 is 0 Å². The van der Waals surface area contributed by atoms with E-state index in [2.05, 4.69) is 27.8 Å². The SMILES string of the molecule is CN[C@@H]1c2ccccc2C[C@H]1NC(=O)Cc1cc2cc(Cl)sc2[nH]1.Cl. The number of thiophene rings is 1. The molecule has 0 aliphatic heterocycles. The zero-order chi connectivity index (χ0) is 16.7. The molecule has 1 aromatic carbocycles. The number of carbonyl (C=O) groups is 1. The molecule has 3 N–H and O–H groups in total. The van der Waals surface area contributed by atoms with E-state index in [9.17, 15) is 4.79 Å². The number of carbonyl (C=O) groups excluding carboxylic acids is 1. The molecule has 0 spiro atoms. The second-order valence-corrected chi connectivity index (χ2v) is 7.83. The molecule has 2 heterocycles. The van der Waals surface area contributed by atoms with Crippen LogP contribution < -0.4 is 10.6 Å². The highest BCUT2D eigenvalue weighted by atomic mass is 35.5. The van der Waals surface area contributed by atoms with Gasteiger partial charge in [-0.1, -0.05) is 35.9 Å². The van der Waals surface area contributed by atoms with E-state index in [1.165, 1.54) is 22.5 Å². The molecule has 7 heteroatoms. The first-order chi connectivity index (χ1) is 11.6. The van der Waals surface area contributed by atoms with Crippen LogP contribution in [0, 0.1) is 0 Å². The number of likely N-dealkylation sites (N-methyl/N-ethyl adjacent to an activating group) is 1. The van der Waals surface area contributed by atoms with Gasteiger partial charge in [0, 0.05) is 11.1 Å². The van der Waals surface area contributed by atoms with Crippen molar-refractivity contribution in [1.82, 2.24) is 15.6 Å². The highest BCUT2D eigenvalue weighted by Gasteiger charge is 2.32. The first-order valence-corrected chi connectivity index (χ1v) is 9.15. The Kier molecular flexibility index (Phi) is 5.39. The summed E-state index contributed by atoms with van der Waals surface area (Å²) < 4.78 is 0.757. The summed E-state index contributed by atoms with van der Waals surface area (Å²) in [4.78, 5) is 16.8. The number of H-pyrrole nitrogens is 1. The van der Waals surface area contributed by atoms with Crippen LogP contribution in [0.5, 0.6) is 0 Å². The second-order valence-electron chi connectivity index (χ2n) is 6.15. The predicted octanol–water partition coefficient (Wildman–Crippen LogP) is 3.85. The fourth-order valence-corrected chi connectivity index (χ4v) is 4.71. The van der Waals surface area contributed by atoms with Gasteiger partial charge >= 0.3 is 0 Å². The van der Waals surface area contributed by atoms with Gasteiger partial charge in [0.05, 0.1) is 22.8 Å². The molecule has 132 valence electrons. The molecular weight excluding hydrogens is 377 g/mol. The van der Waals surface area contributed by atoms with Crippen LogP contribution in [-0.2, 0) is 17.6 Å². The molecule has 0 saturated heterocycles. The van der Waals surface area contributed by atoms with Gasteiger partial charge in [0.15, 0.2) is 0 Å². The summed E-state index contributed by atoms with van der Waals surface area (Å²) in [6.45, 7) is 0. The van der Waals surface area contributed by atoms with Crippen LogP contribution in [0.2, 0.25) is 4.34 Å². The minimum Gasteiger partial charge on any atom is -0.351 e. The molecular formula is C18H19Cl2N3OS. The highest BCUT2D eigenvalue weighted by molar-refractivity contribution is 7.22. The Hall–Kier alpha value is -1.53. The Morgan fingerprint density at radius 1 is 1.36 bits per heavy atom. The topological polar surface area (TPSA) is 56.9 Å². The van der Waals surface area contributed by atoms with Gasteiger partial charge in [0.2, 0.25) is 5.91 Å². The van der Waals surface area contributed by atoms with Crippen molar-refractivity contribution < 1.29 is 4.79 Å². The zero-order valence-electron chi connectivity index (χ0n) is 13.6. The number of rotatable bonds is 4. The van der Waals surface area contributed by atoms with Crippen molar-refractivity contribution in [3.63, 3.8) is 0 Å². The van der Waals surface area contributed by atoms with Gasteiger partial charge in [-0.25, -0.2) is 0 Å². The molecule has 2 aromatic heterocycles. The lowest BCUT2D eigenvalue weighted by Crippen LogP contribution is -2.42. The number of aromatic amines is 1. The van der Waals surface area contributed by atoms with E-state index in [-0.39, 0.29) is 30.4 Å². The van der Waals surface area contributed by atoms with Crippen molar-refractivity contribution in [1.29, 1.82) is 0 Å². The fraction of sp³-hybridized carbons (Fsp3) is 0.278. The number of halogens is 2. The molecule has 4 nitrogen and oxygen atoms in total. The molecule has 0 unspecified atom stereocenters. The minimum absolute atomic E-state index is 0. The smallest absolute Gasteiger partial charge is 0.226 e. The Morgan fingerprint density at radius 3 is 2.92 bits per heavy atom. The Labute approximate surface area is 161 Å². The number of fused-ring (bicyclic) bond motifs is 2. The largest absolute Gasteiger partial charge is 0.351 e. The van der Waals surface area contributed by atoms with Gasteiger partial charge in [-0.2, -0.15) is 0 Å². The molecule has 3 aromatic rings. The molecule has 0 fully saturated rings. The maximum atomic E-state index is 12.5. The highest BCUT2D eigenvalue weighted by Crippen LogP contribution is 2.31. The molecule has 1 amide bonds. The number of nitrogens with one attached hydrogen (secondary N) is 3. The molecule has 0 saturated carbocycles. The third-order valence-corrected chi connectivity index (χ3v) is 5.77. The number of hydrogen-bond donors (Lipinski definition) is 3. The normalized spacial score (nSPS) is 18.8. The van der Waals surface area contributed by atoms with Gasteiger partial charge in [-0.3, -0.25) is 4.79 Å². The average molecular weight is 396 g/mol. The molecule has 1 aliphatic carbocycles. The summed E-state index contributed by atoms with van der Waals surface area (Å²) in [6.07, 6.45) is 1.21. The maximum Gasteiger partial charge on any atom is 0.226 e. The van der Waals surface area contributed by atoms with Crippen molar-refractivity contribution in [3.05, 3.63) is 57.6 Å². The van der Waals surface area contributed by atoms with Crippen LogP contribution >= 0.6 is 35.3 Å². The summed E-state index contributed by atoms with van der Waals surface area (Å²) >= 11 is 7.48. The van der Waals surface area contributed by atoms with Crippen molar-refractivity contribution in [3.8, 4) is 0 Å². The number of amides is 1. The maximum absolute atomic E-state index is 12.5. The molecule has 0 bridgehead atoms. The summed E-state index contributed by atoms with van der Waals surface area (Å²) in [5.74, 6) is 0.0352. The first-order valence-electron chi connectivity index (χ1n) is 7.95. The Bertz CT molecular complexity index is 873. The van der Waals surface area contributed by atoms with Crippen molar-refractivity contribution in [2.24, 2.45) is 0 Å². The lowest BCUT2D eigenvalue weighted by Gasteiger charge is -2.21. The number of aromatic nitrogens is 1. The van der Waals surface area contributed by atoms with E-state index in [1.54, 1.807) is 0 Å². The Balaban J connectivity index is 0.00000182. The minimum atomic E-state index is 0. The summed E-state index contributed by atoms with van der Waals surface area (Å²) in [6, 6.07) is 12.5. The van der Waals surface area contributed by atoms with Gasteiger partial charge in [0.25, 0.3) is 0 Å². The number of hydrogen-bond acceptors (Lipinski definition) is 3. The standard InChI is InChI=1S/C18H18ClN3OS.ClH/c1-20-17-13-5-3-2-4-10(13)7-14(17)22-16(23)9-12-6-11-8-15(19)24-18(11)21-12;/h2-6,8,14,17,20-21H,7,9H2,1H3,(H,22,23);1H/t14-,17-;/m1./s1. The third kappa shape index (κ3) is 3.55. The van der Waals surface area contributed by atoms with E-state index in [0.717, 1.165) is 26.7 Å². The Morgan fingerprint density at radius 2 is 2.16 bits per heavy atom. The van der Waals surface area contributed by atoms with Crippen LogP contribution in [0.3, 0.4) is 0 Å². The number of benzene rings is 1. The van der Waals surface area contributed by atoms with Crippen LogP contribution in [0.1, 0.15) is 22.9 Å². The second kappa shape index (κ2) is 7.38. The first kappa shape index (κ1) is 18.3. The summed E-state index contributed by atoms with van der Waals surface area (Å²) in [7, 11) is 1.94. The average Bonchev–Trinajstić information content (AvgIpc) is 3.16. The third-order valence-electron chi connectivity index (χ3n) is 4.58. The van der Waals surface area contributed by atoms with E-state index in [4.69, 9.17) is 11.6 Å². The molecule has 25 heavy (non-hydrogen) atoms. The predicted molar refractivity (Wildman–Crippen MR) is 106 cm³/mol. The van der Waals surface area contributed by atoms with E-state index < -0.39 is 0 Å². The van der Waals surface area contributed by atoms with Crippen LogP contribution in [-0.4, -0.2) is 24.0 Å². The van der Waals surface area contributed by atoms with E-state index in [0.29, 0.717) is 6.42 Å². The van der Waals surface area contributed by atoms with Crippen LogP contribution in [0.15, 0.2) is 36.4 Å². The van der Waals surface area contributed by atoms with Crippen molar-refractivity contribution in [2.45, 2.75) is 24.9 Å². The van der Waals surface area contributed by atoms with Gasteiger partial charge in [-0.05, 0) is 36.7 Å². The van der Waals surface area contributed by atoms with Gasteiger partial charge < -0.3 is 15.6 Å².